The van der Waals surface area contributed by atoms with Crippen LogP contribution in [0.3, 0.4) is 0 Å². The third-order valence-electron chi connectivity index (χ3n) is 3.36. The molecule has 19 heavy (non-hydrogen) atoms. The second-order valence-corrected chi connectivity index (χ2v) is 4.55. The molecule has 1 aliphatic carbocycles. The molecule has 3 nitrogen and oxygen atoms in total. The molecule has 0 saturated heterocycles. The number of hydrogen-bond acceptors (Lipinski definition) is 3. The standard InChI is InChI=1S/C15H11ClO3/c16-19-15(17)18-9-11-5-3-7-13-12-6-2-1-4-10(12)8-14(11)13/h1-7H,8-9H2. The summed E-state index contributed by atoms with van der Waals surface area (Å²) in [5, 5.41) is 0. The van der Waals surface area contributed by atoms with E-state index >= 15 is 0 Å². The summed E-state index contributed by atoms with van der Waals surface area (Å²) < 4.78 is 8.87. The average Bonchev–Trinajstić information content (AvgIpc) is 2.84. The molecule has 2 aromatic rings. The van der Waals surface area contributed by atoms with Crippen LogP contribution in [-0.4, -0.2) is 6.16 Å². The largest absolute Gasteiger partial charge is 0.527 e. The molecule has 0 bridgehead atoms. The van der Waals surface area contributed by atoms with Crippen molar-refractivity contribution in [2.75, 3.05) is 0 Å². The van der Waals surface area contributed by atoms with E-state index in [0.717, 1.165) is 12.0 Å². The molecular weight excluding hydrogens is 264 g/mol. The van der Waals surface area contributed by atoms with E-state index in [1.165, 1.54) is 22.3 Å². The topological polar surface area (TPSA) is 35.5 Å². The van der Waals surface area contributed by atoms with Crippen LogP contribution in [-0.2, 0) is 22.1 Å². The molecule has 3 rings (SSSR count). The molecular formula is C15H11ClO3. The van der Waals surface area contributed by atoms with E-state index < -0.39 is 6.16 Å². The van der Waals surface area contributed by atoms with Crippen LogP contribution in [0.25, 0.3) is 11.1 Å². The molecule has 0 fully saturated rings. The summed E-state index contributed by atoms with van der Waals surface area (Å²) >= 11 is 4.93. The lowest BCUT2D eigenvalue weighted by Crippen LogP contribution is -2.03. The van der Waals surface area contributed by atoms with Crippen LogP contribution in [0.15, 0.2) is 42.5 Å². The number of halogens is 1. The third kappa shape index (κ3) is 2.17. The highest BCUT2D eigenvalue weighted by molar-refractivity contribution is 6.12. The van der Waals surface area contributed by atoms with Gasteiger partial charge in [-0.3, -0.25) is 0 Å². The maximum Gasteiger partial charge on any atom is 0.527 e. The Morgan fingerprint density at radius 3 is 2.74 bits per heavy atom. The second-order valence-electron chi connectivity index (χ2n) is 4.39. The van der Waals surface area contributed by atoms with Gasteiger partial charge in [0.25, 0.3) is 0 Å². The number of carbonyl (C=O) groups is 1. The summed E-state index contributed by atoms with van der Waals surface area (Å²) in [7, 11) is 0. The Hall–Kier alpha value is -2.00. The smallest absolute Gasteiger partial charge is 0.428 e. The number of fused-ring (bicyclic) bond motifs is 3. The normalized spacial score (nSPS) is 11.6. The van der Waals surface area contributed by atoms with E-state index in [9.17, 15) is 4.79 Å². The van der Waals surface area contributed by atoms with E-state index in [2.05, 4.69) is 22.5 Å². The quantitative estimate of drug-likeness (QED) is 0.661. The molecule has 2 aromatic carbocycles. The maximum atomic E-state index is 10.9. The first-order valence-corrected chi connectivity index (χ1v) is 6.25. The van der Waals surface area contributed by atoms with Crippen molar-refractivity contribution < 1.29 is 13.8 Å². The molecule has 1 aliphatic rings. The van der Waals surface area contributed by atoms with Crippen molar-refractivity contribution in [2.24, 2.45) is 0 Å². The average molecular weight is 275 g/mol. The van der Waals surface area contributed by atoms with E-state index in [1.807, 2.05) is 24.3 Å². The van der Waals surface area contributed by atoms with Crippen molar-refractivity contribution in [1.29, 1.82) is 0 Å². The number of carbonyl (C=O) groups excluding carboxylic acids is 1. The number of rotatable bonds is 2. The van der Waals surface area contributed by atoms with Crippen molar-refractivity contribution in [2.45, 2.75) is 13.0 Å². The highest BCUT2D eigenvalue weighted by Gasteiger charge is 2.20. The van der Waals surface area contributed by atoms with Gasteiger partial charge in [0.15, 0.2) is 0 Å². The SMILES string of the molecule is O=C(OCl)OCc1cccc2c1Cc1ccccc1-2. The minimum Gasteiger partial charge on any atom is -0.428 e. The van der Waals surface area contributed by atoms with Crippen molar-refractivity contribution >= 4 is 18.0 Å². The van der Waals surface area contributed by atoms with E-state index in [4.69, 9.17) is 16.6 Å². The van der Waals surface area contributed by atoms with Crippen molar-refractivity contribution in [3.8, 4) is 11.1 Å². The van der Waals surface area contributed by atoms with E-state index in [0.29, 0.717) is 0 Å². The molecule has 0 aliphatic heterocycles. The molecule has 0 radical (unpaired) electrons. The molecule has 0 heterocycles. The summed E-state index contributed by atoms with van der Waals surface area (Å²) in [6.07, 6.45) is -0.0178. The van der Waals surface area contributed by atoms with Crippen LogP contribution < -0.4 is 0 Å². The Balaban J connectivity index is 1.92. The predicted octanol–water partition coefficient (Wildman–Crippen LogP) is 4.06. The first-order chi connectivity index (χ1) is 9.29. The van der Waals surface area contributed by atoms with Crippen LogP contribution >= 0.6 is 11.9 Å². The molecule has 0 N–H and O–H groups in total. The maximum absolute atomic E-state index is 10.9. The fraction of sp³-hybridized carbons (Fsp3) is 0.133. The monoisotopic (exact) mass is 274 g/mol. The van der Waals surface area contributed by atoms with Crippen molar-refractivity contribution in [3.05, 3.63) is 59.2 Å². The first-order valence-electron chi connectivity index (χ1n) is 5.94. The zero-order valence-electron chi connectivity index (χ0n) is 10.1. The van der Waals surface area contributed by atoms with Gasteiger partial charge in [-0.25, -0.2) is 4.79 Å². The van der Waals surface area contributed by atoms with E-state index in [1.54, 1.807) is 0 Å². The van der Waals surface area contributed by atoms with Crippen molar-refractivity contribution in [1.82, 2.24) is 0 Å². The van der Waals surface area contributed by atoms with Crippen LogP contribution in [0, 0.1) is 0 Å². The Morgan fingerprint density at radius 2 is 1.89 bits per heavy atom. The Morgan fingerprint density at radius 1 is 1.11 bits per heavy atom. The number of ether oxygens (including phenoxy) is 1. The lowest BCUT2D eigenvalue weighted by atomic mass is 10.0. The summed E-state index contributed by atoms with van der Waals surface area (Å²) in [5.41, 5.74) is 5.93. The fourth-order valence-corrected chi connectivity index (χ4v) is 2.56. The highest BCUT2D eigenvalue weighted by atomic mass is 35.5. The Bertz CT molecular complexity index is 637. The third-order valence-corrected chi connectivity index (χ3v) is 3.48. The minimum atomic E-state index is -0.880. The molecule has 0 spiro atoms. The predicted molar refractivity (Wildman–Crippen MR) is 71.8 cm³/mol. The van der Waals surface area contributed by atoms with Gasteiger partial charge in [0.2, 0.25) is 0 Å². The molecule has 96 valence electrons. The van der Waals surface area contributed by atoms with Crippen LogP contribution in [0.4, 0.5) is 4.79 Å². The Kier molecular flexibility index (Phi) is 3.13. The summed E-state index contributed by atoms with van der Waals surface area (Å²) in [4.78, 5) is 10.9. The lowest BCUT2D eigenvalue weighted by molar-refractivity contribution is 0.0961. The zero-order valence-corrected chi connectivity index (χ0v) is 10.8. The van der Waals surface area contributed by atoms with Crippen LogP contribution in [0.5, 0.6) is 0 Å². The molecule has 0 unspecified atom stereocenters. The minimum absolute atomic E-state index is 0.169. The van der Waals surface area contributed by atoms with Gasteiger partial charge in [-0.1, -0.05) is 42.5 Å². The molecule has 0 saturated carbocycles. The molecule has 4 heteroatoms. The van der Waals surface area contributed by atoms with Gasteiger partial charge in [0.1, 0.15) is 18.5 Å². The first kappa shape index (κ1) is 12.1. The van der Waals surface area contributed by atoms with Gasteiger partial charge in [-0.15, -0.1) is 0 Å². The van der Waals surface area contributed by atoms with Gasteiger partial charge < -0.3 is 9.03 Å². The highest BCUT2D eigenvalue weighted by Crippen LogP contribution is 2.38. The van der Waals surface area contributed by atoms with Crippen LogP contribution in [0.2, 0.25) is 0 Å². The molecule has 0 aromatic heterocycles. The number of benzene rings is 2. The van der Waals surface area contributed by atoms with Gasteiger partial charge >= 0.3 is 6.16 Å². The van der Waals surface area contributed by atoms with Gasteiger partial charge in [-0.2, -0.15) is 0 Å². The second kappa shape index (κ2) is 4.94. The van der Waals surface area contributed by atoms with Crippen LogP contribution in [0.1, 0.15) is 16.7 Å². The zero-order chi connectivity index (χ0) is 13.2. The molecule has 0 amide bonds. The van der Waals surface area contributed by atoms with Gasteiger partial charge in [-0.05, 0) is 34.2 Å². The summed E-state index contributed by atoms with van der Waals surface area (Å²) in [5.74, 6) is 0. The fourth-order valence-electron chi connectivity index (χ4n) is 2.52. The number of hydrogen-bond donors (Lipinski definition) is 0. The Labute approximate surface area is 115 Å². The van der Waals surface area contributed by atoms with Gasteiger partial charge in [0.05, 0.1) is 0 Å². The summed E-state index contributed by atoms with van der Waals surface area (Å²) in [6, 6.07) is 14.3. The summed E-state index contributed by atoms with van der Waals surface area (Å²) in [6.45, 7) is 0.169. The lowest BCUT2D eigenvalue weighted by Gasteiger charge is -2.08. The van der Waals surface area contributed by atoms with Gasteiger partial charge in [0, 0.05) is 0 Å². The molecule has 0 atom stereocenters. The van der Waals surface area contributed by atoms with Crippen molar-refractivity contribution in [3.63, 3.8) is 0 Å². The van der Waals surface area contributed by atoms with E-state index in [-0.39, 0.29) is 6.61 Å².